The summed E-state index contributed by atoms with van der Waals surface area (Å²) in [5.41, 5.74) is 5.07. The van der Waals surface area contributed by atoms with Crippen LogP contribution in [0.1, 0.15) is 0 Å². The van der Waals surface area contributed by atoms with Gasteiger partial charge in [-0.3, -0.25) is 4.79 Å². The van der Waals surface area contributed by atoms with E-state index in [9.17, 15) is 18.0 Å². The number of alkyl halides is 4. The van der Waals surface area contributed by atoms with E-state index < -0.39 is 24.0 Å². The number of hydrazone groups is 1. The first-order chi connectivity index (χ1) is 5.81. The van der Waals surface area contributed by atoms with Crippen LogP contribution in [0.2, 0.25) is 0 Å². The second kappa shape index (κ2) is 3.06. The number of amidine groups is 1. The number of carbonyl (C=O) groups is 1. The molecule has 0 aliphatic carbocycles. The third-order valence-electron chi connectivity index (χ3n) is 1.30. The van der Waals surface area contributed by atoms with Gasteiger partial charge in [-0.1, -0.05) is 0 Å². The summed E-state index contributed by atoms with van der Waals surface area (Å²) in [5.74, 6) is -1.26. The summed E-state index contributed by atoms with van der Waals surface area (Å²) in [5, 5.41) is 2.10. The molecule has 13 heavy (non-hydrogen) atoms. The summed E-state index contributed by atoms with van der Waals surface area (Å²) in [4.78, 5) is 10.9. The van der Waals surface area contributed by atoms with Crippen LogP contribution in [0.3, 0.4) is 0 Å². The molecule has 0 saturated carbocycles. The molecule has 1 unspecified atom stereocenters. The Morgan fingerprint density at radius 3 is 2.46 bits per heavy atom. The van der Waals surface area contributed by atoms with E-state index >= 15 is 0 Å². The fourth-order valence-electron chi connectivity index (χ4n) is 0.780. The number of halogens is 4. The van der Waals surface area contributed by atoms with Crippen molar-refractivity contribution in [3.63, 3.8) is 0 Å². The topological polar surface area (TPSA) is 58.7 Å². The molecule has 1 aliphatic heterocycles. The maximum Gasteiger partial charge on any atom is 0.408 e. The van der Waals surface area contributed by atoms with Crippen molar-refractivity contribution in [2.45, 2.75) is 11.6 Å². The number of rotatable bonds is 1. The van der Waals surface area contributed by atoms with E-state index in [2.05, 4.69) is 5.10 Å². The number of hydrogen-bond acceptors (Lipinski definition) is 3. The van der Waals surface area contributed by atoms with Gasteiger partial charge in [0, 0.05) is 0 Å². The predicted octanol–water partition coefficient (Wildman–Crippen LogP) is 0.271. The van der Waals surface area contributed by atoms with Crippen LogP contribution in [0.4, 0.5) is 13.2 Å². The third kappa shape index (κ3) is 2.24. The summed E-state index contributed by atoms with van der Waals surface area (Å²) >= 11 is 5.32. The van der Waals surface area contributed by atoms with Crippen molar-refractivity contribution in [3.05, 3.63) is 0 Å². The molecule has 0 aromatic rings. The third-order valence-corrected chi connectivity index (χ3v) is 1.71. The van der Waals surface area contributed by atoms with Crippen LogP contribution in [-0.2, 0) is 4.79 Å². The standard InChI is InChI=1S/C5H5ClF3N3O/c6-2-3(10)11-12(4(2)13)1-5(7,8)9/h2H,1H2,(H2,10,11). The second-order valence-electron chi connectivity index (χ2n) is 2.40. The largest absolute Gasteiger partial charge is 0.408 e. The molecular weight excluding hydrogens is 211 g/mol. The highest BCUT2D eigenvalue weighted by atomic mass is 35.5. The highest BCUT2D eigenvalue weighted by Gasteiger charge is 2.40. The first kappa shape index (κ1) is 10.1. The van der Waals surface area contributed by atoms with Gasteiger partial charge in [0.1, 0.15) is 12.4 Å². The quantitative estimate of drug-likeness (QED) is 0.639. The Bertz CT molecular complexity index is 264. The molecule has 74 valence electrons. The van der Waals surface area contributed by atoms with Gasteiger partial charge in [-0.15, -0.1) is 11.6 Å². The van der Waals surface area contributed by atoms with Crippen molar-refractivity contribution in [2.75, 3.05) is 6.54 Å². The average molecular weight is 216 g/mol. The molecule has 1 rings (SSSR count). The van der Waals surface area contributed by atoms with Gasteiger partial charge in [0.25, 0.3) is 5.91 Å². The molecule has 4 nitrogen and oxygen atoms in total. The maximum absolute atomic E-state index is 11.8. The van der Waals surface area contributed by atoms with Crippen LogP contribution >= 0.6 is 11.6 Å². The number of nitrogens with zero attached hydrogens (tertiary/aromatic N) is 2. The highest BCUT2D eigenvalue weighted by Crippen LogP contribution is 2.20. The minimum Gasteiger partial charge on any atom is -0.384 e. The Balaban J connectivity index is 2.70. The maximum atomic E-state index is 11.8. The fourth-order valence-corrected chi connectivity index (χ4v) is 0.936. The first-order valence-corrected chi connectivity index (χ1v) is 3.61. The number of hydrogen-bond donors (Lipinski definition) is 1. The molecule has 1 amide bonds. The summed E-state index contributed by atoms with van der Waals surface area (Å²) < 4.78 is 35.4. The van der Waals surface area contributed by atoms with Crippen molar-refractivity contribution in [1.29, 1.82) is 0 Å². The molecule has 0 radical (unpaired) electrons. The van der Waals surface area contributed by atoms with Crippen LogP contribution in [0.25, 0.3) is 0 Å². The molecule has 0 fully saturated rings. The normalized spacial score (nSPS) is 23.7. The van der Waals surface area contributed by atoms with Gasteiger partial charge in [0.2, 0.25) is 0 Å². The lowest BCUT2D eigenvalue weighted by Crippen LogP contribution is -2.36. The molecule has 0 aromatic carbocycles. The number of carbonyl (C=O) groups excluding carboxylic acids is 1. The van der Waals surface area contributed by atoms with Crippen molar-refractivity contribution < 1.29 is 18.0 Å². The van der Waals surface area contributed by atoms with Crippen molar-refractivity contribution in [2.24, 2.45) is 10.8 Å². The van der Waals surface area contributed by atoms with Crippen LogP contribution in [0.15, 0.2) is 5.10 Å². The van der Waals surface area contributed by atoms with E-state index in [0.717, 1.165) is 0 Å². The number of amides is 1. The average Bonchev–Trinajstić information content (AvgIpc) is 2.15. The first-order valence-electron chi connectivity index (χ1n) is 3.17. The Hall–Kier alpha value is -0.980. The smallest absolute Gasteiger partial charge is 0.384 e. The lowest BCUT2D eigenvalue weighted by Gasteiger charge is -2.13. The SMILES string of the molecule is NC1=NN(CC(F)(F)F)C(=O)C1Cl. The summed E-state index contributed by atoms with van der Waals surface area (Å²) in [6.07, 6.45) is -4.50. The molecule has 0 saturated heterocycles. The van der Waals surface area contributed by atoms with Gasteiger partial charge in [-0.25, -0.2) is 5.01 Å². The molecule has 1 atom stereocenters. The predicted molar refractivity (Wildman–Crippen MR) is 39.0 cm³/mol. The van der Waals surface area contributed by atoms with E-state index in [4.69, 9.17) is 17.3 Å². The van der Waals surface area contributed by atoms with Gasteiger partial charge < -0.3 is 5.73 Å². The van der Waals surface area contributed by atoms with Crippen LogP contribution in [0.5, 0.6) is 0 Å². The van der Waals surface area contributed by atoms with Crippen molar-refractivity contribution in [1.82, 2.24) is 5.01 Å². The molecule has 0 spiro atoms. The lowest BCUT2D eigenvalue weighted by atomic mass is 10.4. The van der Waals surface area contributed by atoms with E-state index in [1.54, 1.807) is 0 Å². The summed E-state index contributed by atoms with van der Waals surface area (Å²) in [6, 6.07) is 0. The second-order valence-corrected chi connectivity index (χ2v) is 2.83. The summed E-state index contributed by atoms with van der Waals surface area (Å²) in [6.45, 7) is -1.46. The number of nitrogens with two attached hydrogens (primary N) is 1. The van der Waals surface area contributed by atoms with Crippen molar-refractivity contribution >= 4 is 23.3 Å². The minimum absolute atomic E-state index is 0.215. The molecule has 1 heterocycles. The fraction of sp³-hybridized carbons (Fsp3) is 0.600. The monoisotopic (exact) mass is 215 g/mol. The summed E-state index contributed by atoms with van der Waals surface area (Å²) in [7, 11) is 0. The molecule has 0 bridgehead atoms. The Labute approximate surface area is 76.1 Å². The van der Waals surface area contributed by atoms with Gasteiger partial charge in [0.15, 0.2) is 5.38 Å². The van der Waals surface area contributed by atoms with E-state index in [1.807, 2.05) is 0 Å². The molecule has 8 heteroatoms. The van der Waals surface area contributed by atoms with E-state index in [-0.39, 0.29) is 10.8 Å². The molecule has 0 aromatic heterocycles. The van der Waals surface area contributed by atoms with Crippen LogP contribution in [-0.4, -0.2) is 34.8 Å². The van der Waals surface area contributed by atoms with E-state index in [1.165, 1.54) is 0 Å². The van der Waals surface area contributed by atoms with E-state index in [0.29, 0.717) is 0 Å². The van der Waals surface area contributed by atoms with Crippen molar-refractivity contribution in [3.8, 4) is 0 Å². The van der Waals surface area contributed by atoms with Crippen LogP contribution in [0, 0.1) is 0 Å². The zero-order chi connectivity index (χ0) is 10.2. The molecule has 2 N–H and O–H groups in total. The molecule has 1 aliphatic rings. The molecular formula is C5H5ClF3N3O. The Morgan fingerprint density at radius 2 is 2.15 bits per heavy atom. The highest BCUT2D eigenvalue weighted by molar-refractivity contribution is 6.43. The van der Waals surface area contributed by atoms with Gasteiger partial charge in [0.05, 0.1) is 0 Å². The minimum atomic E-state index is -4.50. The van der Waals surface area contributed by atoms with Gasteiger partial charge >= 0.3 is 6.18 Å². The zero-order valence-electron chi connectivity index (χ0n) is 6.18. The Morgan fingerprint density at radius 1 is 1.62 bits per heavy atom. The Kier molecular flexibility index (Phi) is 2.38. The lowest BCUT2D eigenvalue weighted by molar-refractivity contribution is -0.158. The van der Waals surface area contributed by atoms with Gasteiger partial charge in [-0.05, 0) is 0 Å². The van der Waals surface area contributed by atoms with Crippen LogP contribution < -0.4 is 5.73 Å². The van der Waals surface area contributed by atoms with Gasteiger partial charge in [-0.2, -0.15) is 18.3 Å². The zero-order valence-corrected chi connectivity index (χ0v) is 6.93.